The lowest BCUT2D eigenvalue weighted by atomic mass is 10.1. The Kier molecular flexibility index (Phi) is 3.84. The van der Waals surface area contributed by atoms with E-state index in [1.54, 1.807) is 18.3 Å². The summed E-state index contributed by atoms with van der Waals surface area (Å²) in [5.74, 6) is 0.0771. The molecule has 5 nitrogen and oxygen atoms in total. The van der Waals surface area contributed by atoms with Crippen LogP contribution in [0.5, 0.6) is 5.88 Å². The third-order valence-electron chi connectivity index (χ3n) is 2.17. The van der Waals surface area contributed by atoms with Crippen LogP contribution in [0.2, 0.25) is 0 Å². The third-order valence-corrected chi connectivity index (χ3v) is 2.17. The molecule has 0 aliphatic carbocycles. The highest BCUT2D eigenvalue weighted by molar-refractivity contribution is 5.96. The van der Waals surface area contributed by atoms with Gasteiger partial charge in [0.25, 0.3) is 5.91 Å². The van der Waals surface area contributed by atoms with Gasteiger partial charge in [-0.25, -0.2) is 4.98 Å². The number of rotatable bonds is 4. The molecule has 1 aromatic rings. The van der Waals surface area contributed by atoms with Crippen LogP contribution in [0.4, 0.5) is 0 Å². The minimum absolute atomic E-state index is 0.236. The number of hydrogen-bond acceptors (Lipinski definition) is 4. The lowest BCUT2D eigenvalue weighted by molar-refractivity contribution is 0.0912. The van der Waals surface area contributed by atoms with Gasteiger partial charge in [0.05, 0.1) is 7.11 Å². The van der Waals surface area contributed by atoms with Gasteiger partial charge in [0.1, 0.15) is 5.56 Å². The highest BCUT2D eigenvalue weighted by atomic mass is 16.5. The van der Waals surface area contributed by atoms with E-state index in [9.17, 15) is 4.79 Å². The van der Waals surface area contributed by atoms with Gasteiger partial charge in [-0.1, -0.05) is 0 Å². The number of pyridine rings is 1. The van der Waals surface area contributed by atoms with E-state index in [2.05, 4.69) is 10.3 Å². The van der Waals surface area contributed by atoms with Crippen molar-refractivity contribution in [1.82, 2.24) is 10.3 Å². The zero-order valence-corrected chi connectivity index (χ0v) is 9.78. The van der Waals surface area contributed by atoms with E-state index in [4.69, 9.17) is 10.5 Å². The van der Waals surface area contributed by atoms with Crippen LogP contribution in [-0.2, 0) is 0 Å². The van der Waals surface area contributed by atoms with Crippen LogP contribution in [0, 0.1) is 0 Å². The smallest absolute Gasteiger partial charge is 0.257 e. The zero-order valence-electron chi connectivity index (χ0n) is 9.78. The van der Waals surface area contributed by atoms with Crippen LogP contribution in [0.15, 0.2) is 18.3 Å². The molecule has 1 heterocycles. The van der Waals surface area contributed by atoms with Gasteiger partial charge >= 0.3 is 0 Å². The molecule has 0 unspecified atom stereocenters. The lowest BCUT2D eigenvalue weighted by Crippen LogP contribution is -2.48. The molecule has 0 radical (unpaired) electrons. The predicted molar refractivity (Wildman–Crippen MR) is 61.4 cm³/mol. The van der Waals surface area contributed by atoms with Crippen molar-refractivity contribution in [2.75, 3.05) is 13.7 Å². The molecule has 0 fully saturated rings. The van der Waals surface area contributed by atoms with E-state index >= 15 is 0 Å². The summed E-state index contributed by atoms with van der Waals surface area (Å²) in [5.41, 5.74) is 5.50. The topological polar surface area (TPSA) is 77.2 Å². The molecule has 0 saturated carbocycles. The van der Waals surface area contributed by atoms with E-state index in [1.165, 1.54) is 7.11 Å². The van der Waals surface area contributed by atoms with Crippen molar-refractivity contribution in [2.24, 2.45) is 5.73 Å². The van der Waals surface area contributed by atoms with Gasteiger partial charge in [-0.15, -0.1) is 0 Å². The van der Waals surface area contributed by atoms with E-state index in [0.717, 1.165) is 0 Å². The molecule has 1 aromatic heterocycles. The van der Waals surface area contributed by atoms with E-state index in [0.29, 0.717) is 18.0 Å². The molecule has 0 spiro atoms. The summed E-state index contributed by atoms with van der Waals surface area (Å²) in [6, 6.07) is 3.35. The number of nitrogens with zero attached hydrogens (tertiary/aromatic N) is 1. The first-order valence-electron chi connectivity index (χ1n) is 5.02. The van der Waals surface area contributed by atoms with Crippen LogP contribution in [-0.4, -0.2) is 30.1 Å². The number of carbonyl (C=O) groups is 1. The first-order chi connectivity index (χ1) is 7.50. The normalized spacial score (nSPS) is 11.0. The summed E-state index contributed by atoms with van der Waals surface area (Å²) in [6.07, 6.45) is 1.57. The highest BCUT2D eigenvalue weighted by Gasteiger charge is 2.21. The van der Waals surface area contributed by atoms with Gasteiger partial charge in [-0.05, 0) is 26.0 Å². The number of carbonyl (C=O) groups excluding carboxylic acids is 1. The predicted octanol–water partition coefficient (Wildman–Crippen LogP) is 0.557. The zero-order chi connectivity index (χ0) is 12.2. The van der Waals surface area contributed by atoms with Crippen molar-refractivity contribution in [3.8, 4) is 5.88 Å². The number of amides is 1. The molecular weight excluding hydrogens is 206 g/mol. The van der Waals surface area contributed by atoms with E-state index < -0.39 is 5.54 Å². The van der Waals surface area contributed by atoms with Gasteiger partial charge in [0.15, 0.2) is 0 Å². The number of ether oxygens (including phenoxy) is 1. The Morgan fingerprint density at radius 1 is 1.62 bits per heavy atom. The lowest BCUT2D eigenvalue weighted by Gasteiger charge is -2.24. The minimum Gasteiger partial charge on any atom is -0.480 e. The summed E-state index contributed by atoms with van der Waals surface area (Å²) in [7, 11) is 1.48. The molecule has 5 heteroatoms. The molecule has 1 amide bonds. The van der Waals surface area contributed by atoms with Crippen LogP contribution in [0.25, 0.3) is 0 Å². The minimum atomic E-state index is -0.446. The highest BCUT2D eigenvalue weighted by Crippen LogP contribution is 2.14. The summed E-state index contributed by atoms with van der Waals surface area (Å²) in [5, 5.41) is 2.81. The van der Waals surface area contributed by atoms with Crippen LogP contribution in [0.1, 0.15) is 24.2 Å². The van der Waals surface area contributed by atoms with Crippen molar-refractivity contribution in [3.05, 3.63) is 23.9 Å². The average molecular weight is 223 g/mol. The van der Waals surface area contributed by atoms with Gasteiger partial charge < -0.3 is 15.8 Å². The van der Waals surface area contributed by atoms with Crippen molar-refractivity contribution < 1.29 is 9.53 Å². The fraction of sp³-hybridized carbons (Fsp3) is 0.455. The molecule has 0 aromatic carbocycles. The quantitative estimate of drug-likeness (QED) is 0.781. The van der Waals surface area contributed by atoms with Crippen LogP contribution >= 0.6 is 0 Å². The second-order valence-electron chi connectivity index (χ2n) is 4.10. The molecule has 3 N–H and O–H groups in total. The first kappa shape index (κ1) is 12.4. The standard InChI is InChI=1S/C11H17N3O2/c1-11(2,7-12)14-9(15)8-5-4-6-13-10(8)16-3/h4-6H,7,12H2,1-3H3,(H,14,15). The monoisotopic (exact) mass is 223 g/mol. The van der Waals surface area contributed by atoms with Crippen molar-refractivity contribution in [3.63, 3.8) is 0 Å². The van der Waals surface area contributed by atoms with Gasteiger partial charge in [0, 0.05) is 18.3 Å². The molecule has 16 heavy (non-hydrogen) atoms. The molecule has 0 atom stereocenters. The van der Waals surface area contributed by atoms with Gasteiger partial charge in [0.2, 0.25) is 5.88 Å². The number of methoxy groups -OCH3 is 1. The Labute approximate surface area is 95.0 Å². The Morgan fingerprint density at radius 2 is 2.31 bits per heavy atom. The second kappa shape index (κ2) is 4.94. The van der Waals surface area contributed by atoms with Gasteiger partial charge in [-0.3, -0.25) is 4.79 Å². The Hall–Kier alpha value is -1.62. The molecule has 1 rings (SSSR count). The Bertz CT molecular complexity index is 377. The van der Waals surface area contributed by atoms with E-state index in [-0.39, 0.29) is 5.91 Å². The number of nitrogens with two attached hydrogens (primary N) is 1. The number of nitrogens with one attached hydrogen (secondary N) is 1. The van der Waals surface area contributed by atoms with Crippen molar-refractivity contribution >= 4 is 5.91 Å². The van der Waals surface area contributed by atoms with Crippen molar-refractivity contribution in [1.29, 1.82) is 0 Å². The van der Waals surface area contributed by atoms with E-state index in [1.807, 2.05) is 13.8 Å². The molecule has 88 valence electrons. The molecule has 0 bridgehead atoms. The molecule has 0 aliphatic rings. The largest absolute Gasteiger partial charge is 0.480 e. The van der Waals surface area contributed by atoms with Gasteiger partial charge in [-0.2, -0.15) is 0 Å². The molecule has 0 saturated heterocycles. The average Bonchev–Trinajstić information content (AvgIpc) is 2.28. The summed E-state index contributed by atoms with van der Waals surface area (Å²) >= 11 is 0. The fourth-order valence-electron chi connectivity index (χ4n) is 1.15. The number of aromatic nitrogens is 1. The first-order valence-corrected chi connectivity index (χ1v) is 5.02. The number of hydrogen-bond donors (Lipinski definition) is 2. The Morgan fingerprint density at radius 3 is 2.88 bits per heavy atom. The second-order valence-corrected chi connectivity index (χ2v) is 4.10. The van der Waals surface area contributed by atoms with Crippen LogP contribution < -0.4 is 15.8 Å². The Balaban J connectivity index is 2.88. The fourth-order valence-corrected chi connectivity index (χ4v) is 1.15. The third kappa shape index (κ3) is 2.93. The summed E-state index contributed by atoms with van der Waals surface area (Å²) < 4.78 is 5.01. The summed E-state index contributed by atoms with van der Waals surface area (Å²) in [6.45, 7) is 4.07. The maximum absolute atomic E-state index is 11.9. The maximum Gasteiger partial charge on any atom is 0.257 e. The van der Waals surface area contributed by atoms with Crippen LogP contribution in [0.3, 0.4) is 0 Å². The van der Waals surface area contributed by atoms with Crippen molar-refractivity contribution in [2.45, 2.75) is 19.4 Å². The molecular formula is C11H17N3O2. The SMILES string of the molecule is COc1ncccc1C(=O)NC(C)(C)CN. The molecule has 0 aliphatic heterocycles. The summed E-state index contributed by atoms with van der Waals surface area (Å²) in [4.78, 5) is 15.9. The maximum atomic E-state index is 11.9.